The summed E-state index contributed by atoms with van der Waals surface area (Å²) in [6.07, 6.45) is 18.3. The largest absolute Gasteiger partial charge is 0.380 e. The van der Waals surface area contributed by atoms with Crippen LogP contribution in [-0.4, -0.2) is 19.0 Å². The van der Waals surface area contributed by atoms with Gasteiger partial charge < -0.3 is 4.90 Å². The van der Waals surface area contributed by atoms with Crippen molar-refractivity contribution in [3.05, 3.63) is 72.0 Å². The van der Waals surface area contributed by atoms with Gasteiger partial charge in [-0.1, -0.05) is 49.1 Å². The Hall–Kier alpha value is -1.76. The van der Waals surface area contributed by atoms with Crippen LogP contribution in [0.4, 0.5) is 0 Å². The molecule has 17 heavy (non-hydrogen) atoms. The minimum atomic E-state index is 0.382. The van der Waals surface area contributed by atoms with Crippen LogP contribution in [0, 0.1) is 5.92 Å². The van der Waals surface area contributed by atoms with E-state index in [1.165, 1.54) is 11.3 Å². The van der Waals surface area contributed by atoms with Gasteiger partial charge in [0.25, 0.3) is 0 Å². The van der Waals surface area contributed by atoms with Gasteiger partial charge in [0.1, 0.15) is 0 Å². The number of hydrogen-bond donors (Lipinski definition) is 0. The van der Waals surface area contributed by atoms with Gasteiger partial charge in [-0.15, -0.1) is 0 Å². The highest BCUT2D eigenvalue weighted by atomic mass is 15.1. The van der Waals surface area contributed by atoms with E-state index >= 15 is 0 Å². The normalized spacial score (nSPS) is 18.9. The first kappa shape index (κ1) is 11.7. The highest BCUT2D eigenvalue weighted by molar-refractivity contribution is 5.49. The smallest absolute Gasteiger partial charge is 0.0355 e. The van der Waals surface area contributed by atoms with Gasteiger partial charge in [-0.25, -0.2) is 0 Å². The average molecular weight is 225 g/mol. The molecule has 2 rings (SSSR count). The maximum Gasteiger partial charge on any atom is 0.0355 e. The Kier molecular flexibility index (Phi) is 3.48. The van der Waals surface area contributed by atoms with Gasteiger partial charge in [0, 0.05) is 25.7 Å². The van der Waals surface area contributed by atoms with E-state index in [9.17, 15) is 0 Å². The van der Waals surface area contributed by atoms with Crippen LogP contribution in [0.1, 0.15) is 6.42 Å². The molecule has 0 radical (unpaired) electrons. The minimum Gasteiger partial charge on any atom is -0.380 e. The van der Waals surface area contributed by atoms with Crippen LogP contribution in [0.3, 0.4) is 0 Å². The molecule has 0 aromatic rings. The molecule has 0 heterocycles. The third kappa shape index (κ3) is 2.68. The summed E-state index contributed by atoms with van der Waals surface area (Å²) in [4.78, 5) is 2.16. The zero-order chi connectivity index (χ0) is 12.3. The SMILES string of the molecule is C=C(C=C(C1C=CC=C1)N(C)C)C1=CCC=C1. The topological polar surface area (TPSA) is 3.24 Å². The van der Waals surface area contributed by atoms with Crippen molar-refractivity contribution < 1.29 is 0 Å². The predicted octanol–water partition coefficient (Wildman–Crippen LogP) is 3.62. The summed E-state index contributed by atoms with van der Waals surface area (Å²) in [5, 5.41) is 0. The molecule has 1 nitrogen and oxygen atoms in total. The summed E-state index contributed by atoms with van der Waals surface area (Å²) in [6.45, 7) is 4.16. The van der Waals surface area contributed by atoms with Crippen molar-refractivity contribution in [1.29, 1.82) is 0 Å². The fraction of sp³-hybridized carbons (Fsp3) is 0.250. The molecule has 0 aromatic carbocycles. The van der Waals surface area contributed by atoms with Crippen LogP contribution in [0.2, 0.25) is 0 Å². The Labute approximate surface area is 104 Å². The van der Waals surface area contributed by atoms with Crippen LogP contribution in [0.15, 0.2) is 72.0 Å². The summed E-state index contributed by atoms with van der Waals surface area (Å²) in [5.41, 5.74) is 3.62. The van der Waals surface area contributed by atoms with E-state index in [1.807, 2.05) is 0 Å². The van der Waals surface area contributed by atoms with Crippen LogP contribution in [0.5, 0.6) is 0 Å². The summed E-state index contributed by atoms with van der Waals surface area (Å²) < 4.78 is 0. The lowest BCUT2D eigenvalue weighted by Crippen LogP contribution is -2.16. The highest BCUT2D eigenvalue weighted by Crippen LogP contribution is 2.25. The Bertz CT molecular complexity index is 444. The molecule has 1 heteroatoms. The summed E-state index contributed by atoms with van der Waals surface area (Å²) in [7, 11) is 4.16. The van der Waals surface area contributed by atoms with Gasteiger partial charge in [-0.3, -0.25) is 0 Å². The second-order valence-corrected chi connectivity index (χ2v) is 4.58. The first-order valence-corrected chi connectivity index (χ1v) is 5.98. The molecular formula is C16H19N. The lowest BCUT2D eigenvalue weighted by molar-refractivity contribution is 0.476. The van der Waals surface area contributed by atoms with Crippen LogP contribution < -0.4 is 0 Å². The lowest BCUT2D eigenvalue weighted by atomic mass is 10.0. The van der Waals surface area contributed by atoms with E-state index in [-0.39, 0.29) is 0 Å². The molecule has 2 aliphatic rings. The molecule has 0 amide bonds. The number of rotatable bonds is 4. The second-order valence-electron chi connectivity index (χ2n) is 4.58. The molecule has 0 aromatic heterocycles. The minimum absolute atomic E-state index is 0.382. The molecule has 2 aliphatic carbocycles. The molecule has 0 unspecified atom stereocenters. The van der Waals surface area contributed by atoms with Crippen LogP contribution in [-0.2, 0) is 0 Å². The van der Waals surface area contributed by atoms with E-state index in [0.29, 0.717) is 5.92 Å². The van der Waals surface area contributed by atoms with Gasteiger partial charge in [0.15, 0.2) is 0 Å². The zero-order valence-electron chi connectivity index (χ0n) is 10.6. The van der Waals surface area contributed by atoms with Crippen molar-refractivity contribution in [1.82, 2.24) is 4.90 Å². The average Bonchev–Trinajstić information content (AvgIpc) is 2.97. The zero-order valence-corrected chi connectivity index (χ0v) is 10.6. The van der Waals surface area contributed by atoms with Crippen molar-refractivity contribution in [2.75, 3.05) is 14.1 Å². The molecule has 0 saturated carbocycles. The third-order valence-electron chi connectivity index (χ3n) is 3.07. The monoisotopic (exact) mass is 225 g/mol. The molecule has 0 bridgehead atoms. The molecule has 0 atom stereocenters. The Morgan fingerprint density at radius 2 is 2.06 bits per heavy atom. The summed E-state index contributed by atoms with van der Waals surface area (Å²) in [6, 6.07) is 0. The summed E-state index contributed by atoms with van der Waals surface area (Å²) in [5.74, 6) is 0.382. The van der Waals surface area contributed by atoms with Gasteiger partial charge >= 0.3 is 0 Å². The molecular weight excluding hydrogens is 206 g/mol. The van der Waals surface area contributed by atoms with Gasteiger partial charge in [-0.2, -0.15) is 0 Å². The Morgan fingerprint density at radius 1 is 1.35 bits per heavy atom. The van der Waals surface area contributed by atoms with Gasteiger partial charge in [0.05, 0.1) is 0 Å². The Balaban J connectivity index is 2.21. The molecule has 0 spiro atoms. The summed E-state index contributed by atoms with van der Waals surface area (Å²) >= 11 is 0. The van der Waals surface area contributed by atoms with Gasteiger partial charge in [-0.05, 0) is 23.6 Å². The van der Waals surface area contributed by atoms with Crippen LogP contribution in [0.25, 0.3) is 0 Å². The van der Waals surface area contributed by atoms with Crippen molar-refractivity contribution in [3.63, 3.8) is 0 Å². The predicted molar refractivity (Wildman–Crippen MR) is 74.5 cm³/mol. The van der Waals surface area contributed by atoms with Gasteiger partial charge in [0.2, 0.25) is 0 Å². The fourth-order valence-electron chi connectivity index (χ4n) is 2.11. The van der Waals surface area contributed by atoms with Crippen molar-refractivity contribution in [2.24, 2.45) is 5.92 Å². The van der Waals surface area contributed by atoms with E-state index in [1.54, 1.807) is 0 Å². The van der Waals surface area contributed by atoms with Crippen molar-refractivity contribution in [2.45, 2.75) is 6.42 Å². The first-order valence-electron chi connectivity index (χ1n) is 5.98. The lowest BCUT2D eigenvalue weighted by Gasteiger charge is -2.21. The van der Waals surface area contributed by atoms with E-state index in [4.69, 9.17) is 0 Å². The maximum atomic E-state index is 4.16. The van der Waals surface area contributed by atoms with E-state index < -0.39 is 0 Å². The number of nitrogens with zero attached hydrogens (tertiary/aromatic N) is 1. The second kappa shape index (κ2) is 5.05. The fourth-order valence-corrected chi connectivity index (χ4v) is 2.11. The molecule has 0 fully saturated rings. The van der Waals surface area contributed by atoms with E-state index in [2.05, 4.69) is 74.2 Å². The third-order valence-corrected chi connectivity index (χ3v) is 3.07. The Morgan fingerprint density at radius 3 is 2.59 bits per heavy atom. The first-order chi connectivity index (χ1) is 8.18. The number of hydrogen-bond acceptors (Lipinski definition) is 1. The molecule has 0 saturated heterocycles. The molecule has 88 valence electrons. The molecule has 0 aliphatic heterocycles. The van der Waals surface area contributed by atoms with E-state index in [0.717, 1.165) is 12.0 Å². The molecule has 0 N–H and O–H groups in total. The van der Waals surface area contributed by atoms with Crippen molar-refractivity contribution in [3.8, 4) is 0 Å². The number of allylic oxidation sites excluding steroid dienone is 9. The maximum absolute atomic E-state index is 4.16. The van der Waals surface area contributed by atoms with Crippen molar-refractivity contribution >= 4 is 0 Å². The van der Waals surface area contributed by atoms with Crippen LogP contribution >= 0.6 is 0 Å². The standard InChI is InChI=1S/C16H19N/c1-13(14-8-4-5-9-14)12-16(17(2)3)15-10-6-7-11-15/h4,6-12,15H,1,5H2,2-3H3. The highest BCUT2D eigenvalue weighted by Gasteiger charge is 2.13. The quantitative estimate of drug-likeness (QED) is 0.661.